The smallest absolute Gasteiger partial charge is 0.323 e. The number of nitrogens with two attached hydrogens (primary N) is 1. The van der Waals surface area contributed by atoms with Crippen molar-refractivity contribution < 1.29 is 14.3 Å². The molecule has 0 aromatic rings. The minimum absolute atomic E-state index is 0.0729. The lowest BCUT2D eigenvalue weighted by Crippen LogP contribution is -2.43. The summed E-state index contributed by atoms with van der Waals surface area (Å²) in [6.45, 7) is 2.12. The van der Waals surface area contributed by atoms with Gasteiger partial charge in [0.05, 0.1) is 13.7 Å². The molecule has 0 aliphatic rings. The molecular weight excluding hydrogens is 196 g/mol. The first-order valence-electron chi connectivity index (χ1n) is 5.09. The molecule has 0 spiro atoms. The minimum atomic E-state index is -0.442. The first kappa shape index (κ1) is 13.9. The monoisotopic (exact) mass is 216 g/mol. The summed E-state index contributed by atoms with van der Waals surface area (Å²) in [5, 5.41) is 0. The number of carbonyl (C=O) groups is 2. The number of ether oxygens (including phenoxy) is 1. The Morgan fingerprint density at radius 2 is 2.07 bits per heavy atom. The summed E-state index contributed by atoms with van der Waals surface area (Å²) in [6.07, 6.45) is 2.60. The van der Waals surface area contributed by atoms with Crippen LogP contribution in [0.3, 0.4) is 0 Å². The lowest BCUT2D eigenvalue weighted by molar-refractivity contribution is -0.147. The predicted molar refractivity (Wildman–Crippen MR) is 57.2 cm³/mol. The molecule has 0 radical (unpaired) electrons. The van der Waals surface area contributed by atoms with Crippen molar-refractivity contribution in [3.05, 3.63) is 0 Å². The number of hydrogen-bond acceptors (Lipinski definition) is 4. The van der Waals surface area contributed by atoms with Gasteiger partial charge in [0.2, 0.25) is 5.91 Å². The van der Waals surface area contributed by atoms with Crippen LogP contribution >= 0.6 is 0 Å². The Hall–Kier alpha value is -1.10. The molecule has 0 aliphatic heterocycles. The molecule has 2 N–H and O–H groups in total. The van der Waals surface area contributed by atoms with Crippen molar-refractivity contribution in [3.8, 4) is 0 Å². The van der Waals surface area contributed by atoms with Crippen LogP contribution in [-0.2, 0) is 14.3 Å². The highest BCUT2D eigenvalue weighted by atomic mass is 16.5. The van der Waals surface area contributed by atoms with Gasteiger partial charge >= 0.3 is 5.97 Å². The fraction of sp³-hybridized carbons (Fsp3) is 0.800. The van der Waals surface area contributed by atoms with Crippen molar-refractivity contribution in [2.75, 3.05) is 20.7 Å². The van der Waals surface area contributed by atoms with Crippen molar-refractivity contribution in [1.29, 1.82) is 0 Å². The summed E-state index contributed by atoms with van der Waals surface area (Å²) >= 11 is 0. The zero-order chi connectivity index (χ0) is 11.8. The Bertz CT molecular complexity index is 219. The van der Waals surface area contributed by atoms with Crippen LogP contribution in [0.15, 0.2) is 0 Å². The van der Waals surface area contributed by atoms with Crippen LogP contribution in [-0.4, -0.2) is 43.5 Å². The Morgan fingerprint density at radius 3 is 2.47 bits per heavy atom. The third-order valence-electron chi connectivity index (χ3n) is 2.24. The van der Waals surface area contributed by atoms with Crippen LogP contribution < -0.4 is 5.73 Å². The topological polar surface area (TPSA) is 72.6 Å². The van der Waals surface area contributed by atoms with Gasteiger partial charge in [0, 0.05) is 0 Å². The van der Waals surface area contributed by atoms with E-state index in [0.717, 1.165) is 12.8 Å². The molecule has 1 unspecified atom stereocenters. The lowest BCUT2D eigenvalue weighted by Gasteiger charge is -2.24. The van der Waals surface area contributed by atoms with E-state index >= 15 is 0 Å². The van der Waals surface area contributed by atoms with Gasteiger partial charge in [0.15, 0.2) is 0 Å². The van der Waals surface area contributed by atoms with Gasteiger partial charge in [-0.2, -0.15) is 0 Å². The van der Waals surface area contributed by atoms with Gasteiger partial charge < -0.3 is 10.5 Å². The van der Waals surface area contributed by atoms with Crippen LogP contribution in [0.5, 0.6) is 0 Å². The molecule has 0 aromatic heterocycles. The molecule has 15 heavy (non-hydrogen) atoms. The molecule has 0 aromatic carbocycles. The number of unbranched alkanes of at least 4 members (excludes halogenated alkanes) is 1. The highest BCUT2D eigenvalue weighted by Crippen LogP contribution is 2.08. The second-order valence-corrected chi connectivity index (χ2v) is 3.56. The fourth-order valence-electron chi connectivity index (χ4n) is 1.41. The first-order valence-corrected chi connectivity index (χ1v) is 5.09. The van der Waals surface area contributed by atoms with E-state index in [0.29, 0.717) is 6.42 Å². The Labute approximate surface area is 90.6 Å². The van der Waals surface area contributed by atoms with Gasteiger partial charge in [0.1, 0.15) is 6.04 Å². The number of carbonyl (C=O) groups excluding carboxylic acids is 2. The highest BCUT2D eigenvalue weighted by molar-refractivity contribution is 5.79. The lowest BCUT2D eigenvalue weighted by atomic mass is 10.1. The summed E-state index contributed by atoms with van der Waals surface area (Å²) in [5.41, 5.74) is 5.07. The van der Waals surface area contributed by atoms with Crippen molar-refractivity contribution in [3.63, 3.8) is 0 Å². The van der Waals surface area contributed by atoms with Crippen LogP contribution in [0.4, 0.5) is 0 Å². The summed E-state index contributed by atoms with van der Waals surface area (Å²) in [4.78, 5) is 23.8. The van der Waals surface area contributed by atoms with E-state index in [4.69, 9.17) is 5.73 Å². The molecule has 0 aliphatic carbocycles. The third-order valence-corrected chi connectivity index (χ3v) is 2.24. The molecule has 5 nitrogen and oxygen atoms in total. The second-order valence-electron chi connectivity index (χ2n) is 3.56. The van der Waals surface area contributed by atoms with Gasteiger partial charge in [-0.1, -0.05) is 19.8 Å². The zero-order valence-corrected chi connectivity index (χ0v) is 9.66. The molecular formula is C10H20N2O3. The standard InChI is InChI=1S/C10H20N2O3/c1-4-5-6-8(10(14)15-3)12(2)7-9(11)13/h8H,4-7H2,1-3H3,(H2,11,13). The quantitative estimate of drug-likeness (QED) is 0.614. The average Bonchev–Trinajstić information content (AvgIpc) is 2.16. The van der Waals surface area contributed by atoms with Gasteiger partial charge in [-0.3, -0.25) is 14.5 Å². The van der Waals surface area contributed by atoms with E-state index in [2.05, 4.69) is 4.74 Å². The number of primary amides is 1. The minimum Gasteiger partial charge on any atom is -0.468 e. The number of nitrogens with zero attached hydrogens (tertiary/aromatic N) is 1. The van der Waals surface area contributed by atoms with E-state index < -0.39 is 5.91 Å². The van der Waals surface area contributed by atoms with E-state index in [1.54, 1.807) is 11.9 Å². The SMILES string of the molecule is CCCCC(C(=O)OC)N(C)CC(N)=O. The van der Waals surface area contributed by atoms with Crippen molar-refractivity contribution in [2.24, 2.45) is 5.73 Å². The normalized spacial score (nSPS) is 12.5. The molecule has 0 saturated carbocycles. The van der Waals surface area contributed by atoms with Crippen molar-refractivity contribution in [1.82, 2.24) is 4.90 Å². The molecule has 0 fully saturated rings. The number of likely N-dealkylation sites (N-methyl/N-ethyl adjacent to an activating group) is 1. The van der Waals surface area contributed by atoms with E-state index in [9.17, 15) is 9.59 Å². The summed E-state index contributed by atoms with van der Waals surface area (Å²) in [5.74, 6) is -0.755. The van der Waals surface area contributed by atoms with E-state index in [1.807, 2.05) is 6.92 Å². The maximum Gasteiger partial charge on any atom is 0.323 e. The van der Waals surface area contributed by atoms with Crippen LogP contribution in [0.2, 0.25) is 0 Å². The molecule has 88 valence electrons. The first-order chi connectivity index (χ1) is 7.02. The number of methoxy groups -OCH3 is 1. The molecule has 0 heterocycles. The number of esters is 1. The van der Waals surface area contributed by atoms with Gasteiger partial charge in [-0.05, 0) is 13.5 Å². The second kappa shape index (κ2) is 7.23. The molecule has 0 rings (SSSR count). The van der Waals surface area contributed by atoms with Crippen LogP contribution in [0.1, 0.15) is 26.2 Å². The summed E-state index contributed by atoms with van der Waals surface area (Å²) in [6, 6.07) is -0.373. The van der Waals surface area contributed by atoms with Crippen LogP contribution in [0.25, 0.3) is 0 Å². The summed E-state index contributed by atoms with van der Waals surface area (Å²) in [7, 11) is 3.04. The maximum absolute atomic E-state index is 11.4. The van der Waals surface area contributed by atoms with Gasteiger partial charge in [-0.15, -0.1) is 0 Å². The highest BCUT2D eigenvalue weighted by Gasteiger charge is 2.24. The maximum atomic E-state index is 11.4. The van der Waals surface area contributed by atoms with Crippen molar-refractivity contribution >= 4 is 11.9 Å². The number of rotatable bonds is 7. The van der Waals surface area contributed by atoms with Crippen LogP contribution in [0, 0.1) is 0 Å². The Morgan fingerprint density at radius 1 is 1.47 bits per heavy atom. The van der Waals surface area contributed by atoms with Gasteiger partial charge in [-0.25, -0.2) is 0 Å². The number of hydrogen-bond donors (Lipinski definition) is 1. The Kier molecular flexibility index (Phi) is 6.70. The predicted octanol–water partition coefficient (Wildman–Crippen LogP) is 0.135. The van der Waals surface area contributed by atoms with Gasteiger partial charge in [0.25, 0.3) is 0 Å². The molecule has 0 bridgehead atoms. The molecule has 0 saturated heterocycles. The van der Waals surface area contributed by atoms with E-state index in [1.165, 1.54) is 7.11 Å². The number of amides is 1. The van der Waals surface area contributed by atoms with E-state index in [-0.39, 0.29) is 18.6 Å². The largest absolute Gasteiger partial charge is 0.468 e. The third kappa shape index (κ3) is 5.37. The Balaban J connectivity index is 4.32. The van der Waals surface area contributed by atoms with Crippen molar-refractivity contribution in [2.45, 2.75) is 32.2 Å². The molecule has 1 atom stereocenters. The average molecular weight is 216 g/mol. The molecule has 1 amide bonds. The zero-order valence-electron chi connectivity index (χ0n) is 9.66. The fourth-order valence-corrected chi connectivity index (χ4v) is 1.41. The molecule has 5 heteroatoms. The summed E-state index contributed by atoms with van der Waals surface area (Å²) < 4.78 is 4.68.